The van der Waals surface area contributed by atoms with Crippen LogP contribution in [0.5, 0.6) is 0 Å². The highest BCUT2D eigenvalue weighted by molar-refractivity contribution is 14.1. The smallest absolute Gasteiger partial charge is 0.287 e. The summed E-state index contributed by atoms with van der Waals surface area (Å²) in [5.74, 6) is -0.596. The molecule has 2 atom stereocenters. The molecule has 3 aromatic rings. The number of H-pyrrole nitrogens is 2. The lowest BCUT2D eigenvalue weighted by Gasteiger charge is -2.30. The predicted octanol–water partition coefficient (Wildman–Crippen LogP) is 6.43. The Morgan fingerprint density at radius 1 is 1.41 bits per heavy atom. The molecule has 0 saturated heterocycles. The lowest BCUT2D eigenvalue weighted by molar-refractivity contribution is 0.0914. The van der Waals surface area contributed by atoms with Crippen LogP contribution in [0.4, 0.5) is 8.78 Å². The Bertz CT molecular complexity index is 1220. The van der Waals surface area contributed by atoms with Gasteiger partial charge >= 0.3 is 0 Å². The number of aliphatic imine (C=N–C) groups is 1. The molecule has 1 saturated carbocycles. The van der Waals surface area contributed by atoms with Crippen LogP contribution in [0, 0.1) is 11.7 Å². The van der Waals surface area contributed by atoms with Crippen LogP contribution in [-0.2, 0) is 0 Å². The second-order valence-corrected chi connectivity index (χ2v) is 9.88. The molecule has 2 heterocycles. The first kappa shape index (κ1) is 23.4. The van der Waals surface area contributed by atoms with E-state index >= 15 is 0 Å². The molecule has 32 heavy (non-hydrogen) atoms. The van der Waals surface area contributed by atoms with Crippen LogP contribution in [0.25, 0.3) is 10.9 Å². The summed E-state index contributed by atoms with van der Waals surface area (Å²) >= 11 is 10.9. The summed E-state index contributed by atoms with van der Waals surface area (Å²) in [6.07, 6.45) is 7.42. The van der Waals surface area contributed by atoms with Gasteiger partial charge in [0, 0.05) is 34.1 Å². The van der Waals surface area contributed by atoms with Crippen LogP contribution in [0.15, 0.2) is 44.2 Å². The van der Waals surface area contributed by atoms with Crippen LogP contribution in [0.3, 0.4) is 0 Å². The van der Waals surface area contributed by atoms with Gasteiger partial charge in [-0.3, -0.25) is 9.79 Å². The molecular formula is C21H18BrClF2IN5O. The molecule has 2 unspecified atom stereocenters. The van der Waals surface area contributed by atoms with Crippen molar-refractivity contribution < 1.29 is 13.6 Å². The maximum Gasteiger partial charge on any atom is 0.287 e. The molecule has 0 spiro atoms. The van der Waals surface area contributed by atoms with E-state index in [9.17, 15) is 13.6 Å². The van der Waals surface area contributed by atoms with E-state index in [-0.39, 0.29) is 28.7 Å². The van der Waals surface area contributed by atoms with E-state index in [4.69, 9.17) is 11.6 Å². The number of hydrogen-bond donors (Lipinski definition) is 3. The Kier molecular flexibility index (Phi) is 7.30. The number of benzene rings is 1. The topological polar surface area (TPSA) is 85.9 Å². The van der Waals surface area contributed by atoms with Gasteiger partial charge in [0.1, 0.15) is 10.4 Å². The van der Waals surface area contributed by atoms with Crippen LogP contribution in [0.1, 0.15) is 41.9 Å². The number of aromatic nitrogens is 3. The first-order valence-electron chi connectivity index (χ1n) is 9.88. The zero-order valence-electron chi connectivity index (χ0n) is 16.6. The van der Waals surface area contributed by atoms with Crippen LogP contribution in [-0.4, -0.2) is 32.6 Å². The minimum absolute atomic E-state index is 0.0644. The highest BCUT2D eigenvalue weighted by atomic mass is 127. The summed E-state index contributed by atoms with van der Waals surface area (Å²) in [5, 5.41) is 3.86. The third-order valence-corrected chi connectivity index (χ3v) is 6.34. The molecule has 1 fully saturated rings. The minimum Gasteiger partial charge on any atom is -0.358 e. The highest BCUT2D eigenvalue weighted by Crippen LogP contribution is 2.33. The number of amides is 1. The lowest BCUT2D eigenvalue weighted by Crippen LogP contribution is -2.40. The van der Waals surface area contributed by atoms with Crippen molar-refractivity contribution in [3.63, 3.8) is 0 Å². The first-order valence-corrected chi connectivity index (χ1v) is 12.1. The molecule has 0 aliphatic heterocycles. The maximum absolute atomic E-state index is 14.4. The van der Waals surface area contributed by atoms with Crippen molar-refractivity contribution in [3.05, 3.63) is 61.4 Å². The van der Waals surface area contributed by atoms with Gasteiger partial charge in [0.25, 0.3) is 5.91 Å². The third-order valence-electron chi connectivity index (χ3n) is 5.44. The number of hydrogen-bond acceptors (Lipinski definition) is 3. The second kappa shape index (κ2) is 10.0. The van der Waals surface area contributed by atoms with Gasteiger partial charge in [-0.1, -0.05) is 18.0 Å². The number of nitrogens with zero attached hydrogens (tertiary/aromatic N) is 2. The molecule has 4 rings (SSSR count). The Balaban J connectivity index is 1.63. The van der Waals surface area contributed by atoms with E-state index in [0.29, 0.717) is 33.2 Å². The first-order chi connectivity index (χ1) is 15.3. The van der Waals surface area contributed by atoms with E-state index < -0.39 is 9.65 Å². The van der Waals surface area contributed by atoms with Crippen molar-refractivity contribution in [3.8, 4) is 0 Å². The molecule has 1 aromatic carbocycles. The van der Waals surface area contributed by atoms with Gasteiger partial charge < -0.3 is 15.3 Å². The van der Waals surface area contributed by atoms with E-state index in [0.717, 1.165) is 25.5 Å². The van der Waals surface area contributed by atoms with Crippen LogP contribution >= 0.6 is 50.1 Å². The average molecular weight is 637 g/mol. The van der Waals surface area contributed by atoms with E-state index in [1.807, 2.05) is 0 Å². The fourth-order valence-electron chi connectivity index (χ4n) is 4.12. The molecular weight excluding hydrogens is 619 g/mol. The molecule has 1 aliphatic rings. The number of nitrogens with one attached hydrogen (secondary N) is 3. The van der Waals surface area contributed by atoms with Crippen LogP contribution in [0.2, 0.25) is 5.02 Å². The Labute approximate surface area is 209 Å². The SMILES string of the molecule is O=C(NC1CCCC(C(=N/C=C(/F)I)c2c[nH]c3c(F)cc(Cl)cc23)C1)c1ncc(Br)[nH]1. The summed E-state index contributed by atoms with van der Waals surface area (Å²) in [4.78, 5) is 26.8. The van der Waals surface area contributed by atoms with Gasteiger partial charge in [-0.05, 0) is 69.9 Å². The highest BCUT2D eigenvalue weighted by Gasteiger charge is 2.29. The molecule has 6 nitrogen and oxygen atoms in total. The van der Waals surface area contributed by atoms with E-state index in [1.165, 1.54) is 12.3 Å². The minimum atomic E-state index is -0.466. The summed E-state index contributed by atoms with van der Waals surface area (Å²) < 4.78 is 28.0. The molecule has 1 amide bonds. The van der Waals surface area contributed by atoms with E-state index in [2.05, 4.69) is 41.2 Å². The summed E-state index contributed by atoms with van der Waals surface area (Å²) in [7, 11) is 0. The van der Waals surface area contributed by atoms with Gasteiger partial charge in [0.15, 0.2) is 9.66 Å². The molecule has 0 bridgehead atoms. The van der Waals surface area contributed by atoms with Crippen molar-refractivity contribution in [2.24, 2.45) is 10.9 Å². The van der Waals surface area contributed by atoms with Crippen molar-refractivity contribution in [1.29, 1.82) is 0 Å². The molecule has 0 radical (unpaired) electrons. The Hall–Kier alpha value is -1.79. The number of halogens is 5. The molecule has 168 valence electrons. The monoisotopic (exact) mass is 635 g/mol. The van der Waals surface area contributed by atoms with Gasteiger partial charge in [-0.15, -0.1) is 0 Å². The quantitative estimate of drug-likeness (QED) is 0.223. The zero-order chi connectivity index (χ0) is 22.8. The maximum atomic E-state index is 14.4. The van der Waals surface area contributed by atoms with E-state index in [1.54, 1.807) is 34.9 Å². The summed E-state index contributed by atoms with van der Waals surface area (Å²) in [6.45, 7) is 0. The molecule has 2 aromatic heterocycles. The predicted molar refractivity (Wildman–Crippen MR) is 133 cm³/mol. The fourth-order valence-corrected chi connectivity index (χ4v) is 4.75. The lowest BCUT2D eigenvalue weighted by atomic mass is 9.80. The van der Waals surface area contributed by atoms with Crippen LogP contribution < -0.4 is 5.32 Å². The average Bonchev–Trinajstić information content (AvgIpc) is 3.35. The Morgan fingerprint density at radius 2 is 2.22 bits per heavy atom. The normalized spacial score (nSPS) is 20.0. The standard InChI is InChI=1S/C21H18BrClF2IN5O/c22-16-8-29-20(31-16)21(32)30-12-3-1-2-10(4-12)18(28-9-17(25)26)14-7-27-19-13(14)5-11(23)6-15(19)24/h5-10,12,27H,1-4H2,(H,29,31)(H,30,32)/b17-9-,28-18?. The van der Waals surface area contributed by atoms with Crippen molar-refractivity contribution in [2.45, 2.75) is 31.7 Å². The molecule has 3 N–H and O–H groups in total. The van der Waals surface area contributed by atoms with Crippen molar-refractivity contribution in [1.82, 2.24) is 20.3 Å². The van der Waals surface area contributed by atoms with Gasteiger partial charge in [-0.25, -0.2) is 9.37 Å². The van der Waals surface area contributed by atoms with Gasteiger partial charge in [-0.2, -0.15) is 4.39 Å². The van der Waals surface area contributed by atoms with Gasteiger partial charge in [0.2, 0.25) is 0 Å². The number of fused-ring (bicyclic) bond motifs is 1. The number of aromatic amines is 2. The van der Waals surface area contributed by atoms with Gasteiger partial charge in [0.05, 0.1) is 23.6 Å². The van der Waals surface area contributed by atoms with Crippen molar-refractivity contribution >= 4 is 72.6 Å². The third kappa shape index (κ3) is 5.23. The zero-order valence-corrected chi connectivity index (χ0v) is 21.1. The number of carbonyl (C=O) groups is 1. The summed E-state index contributed by atoms with van der Waals surface area (Å²) in [6, 6.07) is 2.81. The fraction of sp³-hybridized carbons (Fsp3) is 0.286. The number of imidazole rings is 1. The second-order valence-electron chi connectivity index (χ2n) is 7.56. The number of carbonyl (C=O) groups excluding carboxylic acids is 1. The Morgan fingerprint density at radius 3 is 2.94 bits per heavy atom. The molecule has 11 heteroatoms. The van der Waals surface area contributed by atoms with Crippen molar-refractivity contribution in [2.75, 3.05) is 0 Å². The number of rotatable bonds is 5. The molecule has 1 aliphatic carbocycles. The largest absolute Gasteiger partial charge is 0.358 e. The summed E-state index contributed by atoms with van der Waals surface area (Å²) in [5.41, 5.74) is 1.62.